The van der Waals surface area contributed by atoms with E-state index in [4.69, 9.17) is 0 Å². The van der Waals surface area contributed by atoms with Crippen molar-refractivity contribution in [3.05, 3.63) is 64.6 Å². The summed E-state index contributed by atoms with van der Waals surface area (Å²) in [4.78, 5) is 18.9. The first-order chi connectivity index (χ1) is 11.1. The third-order valence-electron chi connectivity index (χ3n) is 4.20. The molecule has 0 amide bonds. The van der Waals surface area contributed by atoms with Gasteiger partial charge in [-0.05, 0) is 36.8 Å². The van der Waals surface area contributed by atoms with Gasteiger partial charge in [-0.1, -0.05) is 24.3 Å². The van der Waals surface area contributed by atoms with Crippen molar-refractivity contribution in [2.75, 3.05) is 18.0 Å². The number of para-hydroxylation sites is 1. The number of aliphatic hydroxyl groups is 1. The number of aliphatic hydroxyl groups excluding tert-OH is 1. The highest BCUT2D eigenvalue weighted by atomic mass is 16.3. The van der Waals surface area contributed by atoms with E-state index in [-0.39, 0.29) is 11.8 Å². The second-order valence-corrected chi connectivity index (χ2v) is 5.97. The van der Waals surface area contributed by atoms with E-state index in [9.17, 15) is 9.90 Å². The molecule has 4 rings (SSSR count). The number of fused-ring (bicyclic) bond motifs is 1. The van der Waals surface area contributed by atoms with Crippen molar-refractivity contribution >= 4 is 16.7 Å². The Morgan fingerprint density at radius 3 is 2.57 bits per heavy atom. The van der Waals surface area contributed by atoms with Gasteiger partial charge in [0, 0.05) is 18.5 Å². The van der Waals surface area contributed by atoms with E-state index >= 15 is 0 Å². The van der Waals surface area contributed by atoms with Gasteiger partial charge in [0.05, 0.1) is 17.3 Å². The standard InChI is InChI=1S/C18H17N3O2/c1-12-7-8-15-16(9-12)21(13-5-3-2-4-6-13)18(23)19-17(15)20-10-14(22)11-20/h2-9,14,22H,10-11H2,1H3. The molecular formula is C18H17N3O2. The highest BCUT2D eigenvalue weighted by molar-refractivity contribution is 5.91. The second-order valence-electron chi connectivity index (χ2n) is 5.97. The molecular weight excluding hydrogens is 290 g/mol. The van der Waals surface area contributed by atoms with Gasteiger partial charge < -0.3 is 10.0 Å². The second kappa shape index (κ2) is 5.21. The maximum absolute atomic E-state index is 12.7. The molecule has 1 aromatic heterocycles. The SMILES string of the molecule is Cc1ccc2c(N3CC(O)C3)nc(=O)n(-c3ccccc3)c2c1. The maximum Gasteiger partial charge on any atom is 0.354 e. The molecule has 1 saturated heterocycles. The van der Waals surface area contributed by atoms with Gasteiger partial charge in [-0.2, -0.15) is 4.98 Å². The zero-order valence-corrected chi connectivity index (χ0v) is 12.8. The molecule has 3 aromatic rings. The largest absolute Gasteiger partial charge is 0.389 e. The lowest BCUT2D eigenvalue weighted by molar-refractivity contribution is 0.141. The lowest BCUT2D eigenvalue weighted by Gasteiger charge is -2.37. The molecule has 0 unspecified atom stereocenters. The zero-order valence-electron chi connectivity index (χ0n) is 12.8. The molecule has 0 radical (unpaired) electrons. The average Bonchev–Trinajstić information content (AvgIpc) is 2.52. The van der Waals surface area contributed by atoms with Crippen molar-refractivity contribution in [3.63, 3.8) is 0 Å². The van der Waals surface area contributed by atoms with Gasteiger partial charge in [0.25, 0.3) is 0 Å². The topological polar surface area (TPSA) is 58.4 Å². The first kappa shape index (κ1) is 14.0. The molecule has 5 nitrogen and oxygen atoms in total. The molecule has 1 fully saturated rings. The van der Waals surface area contributed by atoms with Crippen LogP contribution in [0.3, 0.4) is 0 Å². The quantitative estimate of drug-likeness (QED) is 0.785. The van der Waals surface area contributed by atoms with Crippen LogP contribution < -0.4 is 10.6 Å². The van der Waals surface area contributed by atoms with Crippen molar-refractivity contribution in [1.82, 2.24) is 9.55 Å². The highest BCUT2D eigenvalue weighted by Crippen LogP contribution is 2.28. The first-order valence-corrected chi connectivity index (χ1v) is 7.65. The molecule has 23 heavy (non-hydrogen) atoms. The van der Waals surface area contributed by atoms with Gasteiger partial charge in [-0.3, -0.25) is 4.57 Å². The molecule has 0 saturated carbocycles. The molecule has 2 heterocycles. The first-order valence-electron chi connectivity index (χ1n) is 7.65. The maximum atomic E-state index is 12.7. The van der Waals surface area contributed by atoms with Gasteiger partial charge in [-0.25, -0.2) is 4.79 Å². The van der Waals surface area contributed by atoms with Gasteiger partial charge in [0.15, 0.2) is 0 Å². The monoisotopic (exact) mass is 307 g/mol. The molecule has 0 aliphatic carbocycles. The Kier molecular flexibility index (Phi) is 3.16. The predicted molar refractivity (Wildman–Crippen MR) is 90.3 cm³/mol. The van der Waals surface area contributed by atoms with Gasteiger partial charge in [-0.15, -0.1) is 0 Å². The zero-order chi connectivity index (χ0) is 16.0. The summed E-state index contributed by atoms with van der Waals surface area (Å²) < 4.78 is 1.64. The van der Waals surface area contributed by atoms with Crippen LogP contribution in [0.15, 0.2) is 53.3 Å². The molecule has 5 heteroatoms. The molecule has 0 atom stereocenters. The van der Waals surface area contributed by atoms with Crippen LogP contribution in [0.4, 0.5) is 5.82 Å². The van der Waals surface area contributed by atoms with Crippen LogP contribution >= 0.6 is 0 Å². The van der Waals surface area contributed by atoms with E-state index in [0.717, 1.165) is 22.2 Å². The van der Waals surface area contributed by atoms with Crippen molar-refractivity contribution in [3.8, 4) is 5.69 Å². The number of aryl methyl sites for hydroxylation is 1. The Bertz CT molecular complexity index is 928. The van der Waals surface area contributed by atoms with Crippen LogP contribution in [-0.2, 0) is 0 Å². The number of hydrogen-bond acceptors (Lipinski definition) is 4. The van der Waals surface area contributed by atoms with E-state index in [2.05, 4.69) is 4.98 Å². The number of rotatable bonds is 2. The molecule has 1 N–H and O–H groups in total. The van der Waals surface area contributed by atoms with E-state index < -0.39 is 0 Å². The molecule has 1 aliphatic rings. The van der Waals surface area contributed by atoms with Crippen LogP contribution in [0.2, 0.25) is 0 Å². The van der Waals surface area contributed by atoms with Crippen LogP contribution in [0.5, 0.6) is 0 Å². The number of nitrogens with zero attached hydrogens (tertiary/aromatic N) is 3. The van der Waals surface area contributed by atoms with Gasteiger partial charge in [0.2, 0.25) is 0 Å². The fourth-order valence-electron chi connectivity index (χ4n) is 3.02. The number of aromatic nitrogens is 2. The average molecular weight is 307 g/mol. The van der Waals surface area contributed by atoms with E-state index in [1.54, 1.807) is 4.57 Å². The molecule has 2 aromatic carbocycles. The molecule has 116 valence electrons. The summed E-state index contributed by atoms with van der Waals surface area (Å²) in [5.41, 5.74) is 2.43. The summed E-state index contributed by atoms with van der Waals surface area (Å²) in [6.45, 7) is 3.04. The number of β-amino-alcohol motifs (C(OH)–C–C–N with tert-alkyl or cyclic N) is 1. The summed E-state index contributed by atoms with van der Waals surface area (Å²) in [5, 5.41) is 10.5. The van der Waals surface area contributed by atoms with E-state index in [0.29, 0.717) is 18.9 Å². The molecule has 0 bridgehead atoms. The van der Waals surface area contributed by atoms with Crippen LogP contribution in [0.25, 0.3) is 16.6 Å². The van der Waals surface area contributed by atoms with Crippen molar-refractivity contribution in [1.29, 1.82) is 0 Å². The van der Waals surface area contributed by atoms with Gasteiger partial charge in [0.1, 0.15) is 5.82 Å². The Balaban J connectivity index is 2.01. The van der Waals surface area contributed by atoms with Crippen LogP contribution in [0.1, 0.15) is 5.56 Å². The smallest absolute Gasteiger partial charge is 0.354 e. The Hall–Kier alpha value is -2.66. The van der Waals surface area contributed by atoms with Crippen LogP contribution in [-0.4, -0.2) is 33.9 Å². The Morgan fingerprint density at radius 2 is 1.87 bits per heavy atom. The third kappa shape index (κ3) is 2.29. The fourth-order valence-corrected chi connectivity index (χ4v) is 3.02. The van der Waals surface area contributed by atoms with Crippen molar-refractivity contribution < 1.29 is 5.11 Å². The minimum atomic E-state index is -0.339. The van der Waals surface area contributed by atoms with E-state index in [1.165, 1.54) is 0 Å². The normalized spacial score (nSPS) is 15.0. The summed E-state index contributed by atoms with van der Waals surface area (Å²) in [6, 6.07) is 15.6. The molecule has 0 spiro atoms. The van der Waals surface area contributed by atoms with E-state index in [1.807, 2.05) is 60.4 Å². The summed E-state index contributed by atoms with van der Waals surface area (Å²) in [6.07, 6.45) is -0.339. The van der Waals surface area contributed by atoms with Crippen LogP contribution in [0, 0.1) is 6.92 Å². The Labute approximate surface area is 133 Å². The summed E-state index contributed by atoms with van der Waals surface area (Å²) in [7, 11) is 0. The summed E-state index contributed by atoms with van der Waals surface area (Å²) in [5.74, 6) is 0.655. The number of hydrogen-bond donors (Lipinski definition) is 1. The number of anilines is 1. The van der Waals surface area contributed by atoms with Crippen molar-refractivity contribution in [2.45, 2.75) is 13.0 Å². The van der Waals surface area contributed by atoms with Gasteiger partial charge >= 0.3 is 5.69 Å². The van der Waals surface area contributed by atoms with Crippen molar-refractivity contribution in [2.24, 2.45) is 0 Å². The minimum absolute atomic E-state index is 0.300. The highest BCUT2D eigenvalue weighted by Gasteiger charge is 2.28. The summed E-state index contributed by atoms with van der Waals surface area (Å²) >= 11 is 0. The molecule has 1 aliphatic heterocycles. The third-order valence-corrected chi connectivity index (χ3v) is 4.20. The minimum Gasteiger partial charge on any atom is -0.389 e. The fraction of sp³-hybridized carbons (Fsp3) is 0.222. The number of benzene rings is 2. The lowest BCUT2D eigenvalue weighted by Crippen LogP contribution is -2.51. The predicted octanol–water partition coefficient (Wildman–Crippen LogP) is 1.88. The lowest BCUT2D eigenvalue weighted by atomic mass is 10.1. The Morgan fingerprint density at radius 1 is 1.13 bits per heavy atom.